The van der Waals surface area contributed by atoms with Crippen LogP contribution >= 0.6 is 0 Å². The molecule has 1 saturated heterocycles. The van der Waals surface area contributed by atoms with E-state index < -0.39 is 17.4 Å². The van der Waals surface area contributed by atoms with Crippen LogP contribution in [0.3, 0.4) is 0 Å². The number of nitrogens with two attached hydrogens (primary N) is 2. The number of hydrogen-bond donors (Lipinski definition) is 2. The van der Waals surface area contributed by atoms with Gasteiger partial charge in [-0.2, -0.15) is 11.8 Å². The monoisotopic (exact) mass is 204 g/mol. The summed E-state index contributed by atoms with van der Waals surface area (Å²) in [6.45, 7) is 0.536. The molecule has 1 aliphatic rings. The Labute approximate surface area is 80.2 Å². The second-order valence-corrected chi connectivity index (χ2v) is 3.01. The zero-order chi connectivity index (χ0) is 10.6. The molecule has 14 heavy (non-hydrogen) atoms. The van der Waals surface area contributed by atoms with Crippen molar-refractivity contribution < 1.29 is 24.0 Å². The molecule has 0 aromatic carbocycles. The van der Waals surface area contributed by atoms with Crippen LogP contribution in [0.4, 0.5) is 0 Å². The van der Waals surface area contributed by atoms with E-state index in [2.05, 4.69) is 9.68 Å². The fourth-order valence-corrected chi connectivity index (χ4v) is 1.44. The normalized spacial score (nSPS) is 19.9. The summed E-state index contributed by atoms with van der Waals surface area (Å²) in [6, 6.07) is 0. The van der Waals surface area contributed by atoms with Gasteiger partial charge in [0.25, 0.3) is 0 Å². The summed E-state index contributed by atoms with van der Waals surface area (Å²) >= 11 is 0. The van der Waals surface area contributed by atoms with Gasteiger partial charge >= 0.3 is 11.9 Å². The molecule has 7 nitrogen and oxygen atoms in total. The van der Waals surface area contributed by atoms with Crippen molar-refractivity contribution >= 4 is 11.9 Å². The van der Waals surface area contributed by atoms with Crippen LogP contribution in [0.5, 0.6) is 0 Å². The number of rotatable bonds is 2. The van der Waals surface area contributed by atoms with Gasteiger partial charge in [-0.25, -0.2) is 9.59 Å². The predicted molar refractivity (Wildman–Crippen MR) is 43.0 cm³/mol. The Kier molecular flexibility index (Phi) is 3.39. The molecule has 80 valence electrons. The van der Waals surface area contributed by atoms with Gasteiger partial charge in [0.1, 0.15) is 0 Å². The topological polar surface area (TPSA) is 114 Å². The first-order chi connectivity index (χ1) is 6.67. The summed E-state index contributed by atoms with van der Waals surface area (Å²) in [5.74, 6) is 7.81. The standard InChI is InChI=1S/C7H12N2O5/c8-13-5(10)7(6(11)14-9)1-3-12-4-2-7/h1-4,8-9H2. The highest BCUT2D eigenvalue weighted by Crippen LogP contribution is 2.32. The largest absolute Gasteiger partial charge is 0.381 e. The Bertz CT molecular complexity index is 218. The summed E-state index contributed by atoms with van der Waals surface area (Å²) in [7, 11) is 0. The van der Waals surface area contributed by atoms with E-state index in [-0.39, 0.29) is 26.1 Å². The minimum atomic E-state index is -1.40. The van der Waals surface area contributed by atoms with Crippen LogP contribution in [0.25, 0.3) is 0 Å². The number of carbonyl (C=O) groups excluding carboxylic acids is 2. The number of carbonyl (C=O) groups is 2. The molecule has 0 aromatic rings. The van der Waals surface area contributed by atoms with Crippen molar-refractivity contribution in [1.29, 1.82) is 0 Å². The van der Waals surface area contributed by atoms with Crippen molar-refractivity contribution in [2.45, 2.75) is 12.8 Å². The van der Waals surface area contributed by atoms with Crippen molar-refractivity contribution in [2.75, 3.05) is 13.2 Å². The van der Waals surface area contributed by atoms with Gasteiger partial charge < -0.3 is 14.4 Å². The Morgan fingerprint density at radius 3 is 1.86 bits per heavy atom. The summed E-state index contributed by atoms with van der Waals surface area (Å²) in [6.07, 6.45) is 0.331. The third-order valence-electron chi connectivity index (χ3n) is 2.34. The van der Waals surface area contributed by atoms with E-state index in [1.54, 1.807) is 0 Å². The predicted octanol–water partition coefficient (Wildman–Crippen LogP) is -1.38. The first-order valence-electron chi connectivity index (χ1n) is 4.07. The maximum atomic E-state index is 11.3. The zero-order valence-electron chi connectivity index (χ0n) is 7.52. The highest BCUT2D eigenvalue weighted by atomic mass is 16.7. The van der Waals surface area contributed by atoms with E-state index in [1.165, 1.54) is 0 Å². The van der Waals surface area contributed by atoms with E-state index >= 15 is 0 Å². The van der Waals surface area contributed by atoms with Gasteiger partial charge in [-0.05, 0) is 12.8 Å². The Morgan fingerprint density at radius 2 is 1.50 bits per heavy atom. The summed E-state index contributed by atoms with van der Waals surface area (Å²) in [5.41, 5.74) is -1.40. The van der Waals surface area contributed by atoms with Crippen molar-refractivity contribution in [2.24, 2.45) is 17.2 Å². The Hall–Kier alpha value is -1.18. The van der Waals surface area contributed by atoms with Crippen LogP contribution in [0.1, 0.15) is 12.8 Å². The molecule has 0 atom stereocenters. The maximum Gasteiger partial charge on any atom is 0.342 e. The fourth-order valence-electron chi connectivity index (χ4n) is 1.44. The third-order valence-corrected chi connectivity index (χ3v) is 2.34. The van der Waals surface area contributed by atoms with Crippen LogP contribution in [0, 0.1) is 5.41 Å². The minimum absolute atomic E-state index is 0.166. The van der Waals surface area contributed by atoms with Crippen molar-refractivity contribution in [3.05, 3.63) is 0 Å². The lowest BCUT2D eigenvalue weighted by molar-refractivity contribution is -0.180. The smallest absolute Gasteiger partial charge is 0.342 e. The van der Waals surface area contributed by atoms with E-state index in [9.17, 15) is 9.59 Å². The highest BCUT2D eigenvalue weighted by molar-refractivity contribution is 5.99. The van der Waals surface area contributed by atoms with Crippen LogP contribution in [-0.2, 0) is 24.0 Å². The molecule has 0 aliphatic carbocycles. The van der Waals surface area contributed by atoms with Gasteiger partial charge in [0, 0.05) is 13.2 Å². The van der Waals surface area contributed by atoms with Crippen molar-refractivity contribution in [3.8, 4) is 0 Å². The molecule has 1 fully saturated rings. The van der Waals surface area contributed by atoms with E-state index in [0.717, 1.165) is 0 Å². The van der Waals surface area contributed by atoms with E-state index in [4.69, 9.17) is 16.5 Å². The first kappa shape index (κ1) is 10.9. The molecule has 1 heterocycles. The second kappa shape index (κ2) is 4.36. The SMILES string of the molecule is NOC(=O)C1(C(=O)ON)CCOCC1. The summed E-state index contributed by atoms with van der Waals surface area (Å²) in [4.78, 5) is 30.8. The summed E-state index contributed by atoms with van der Waals surface area (Å²) < 4.78 is 5.02. The molecule has 0 bridgehead atoms. The molecule has 1 rings (SSSR count). The molecule has 0 saturated carbocycles. The Balaban J connectivity index is 2.87. The van der Waals surface area contributed by atoms with E-state index in [0.29, 0.717) is 0 Å². The lowest BCUT2D eigenvalue weighted by atomic mass is 9.80. The van der Waals surface area contributed by atoms with Gasteiger partial charge in [-0.1, -0.05) is 0 Å². The molecule has 0 aromatic heterocycles. The molecule has 0 amide bonds. The quantitative estimate of drug-likeness (QED) is 0.420. The minimum Gasteiger partial charge on any atom is -0.381 e. The summed E-state index contributed by atoms with van der Waals surface area (Å²) in [5, 5.41) is 0. The molecular formula is C7H12N2O5. The van der Waals surface area contributed by atoms with Crippen molar-refractivity contribution in [1.82, 2.24) is 0 Å². The fraction of sp³-hybridized carbons (Fsp3) is 0.714. The molecule has 0 spiro atoms. The van der Waals surface area contributed by atoms with Gasteiger partial charge in [0.15, 0.2) is 5.41 Å². The Morgan fingerprint density at radius 1 is 1.07 bits per heavy atom. The number of ether oxygens (including phenoxy) is 1. The van der Waals surface area contributed by atoms with Gasteiger partial charge in [-0.3, -0.25) is 0 Å². The van der Waals surface area contributed by atoms with Crippen molar-refractivity contribution in [3.63, 3.8) is 0 Å². The molecule has 4 N–H and O–H groups in total. The molecular weight excluding hydrogens is 192 g/mol. The zero-order valence-corrected chi connectivity index (χ0v) is 7.52. The first-order valence-corrected chi connectivity index (χ1v) is 4.07. The third kappa shape index (κ3) is 1.69. The molecule has 0 unspecified atom stereocenters. The number of hydrogen-bond acceptors (Lipinski definition) is 7. The van der Waals surface area contributed by atoms with E-state index in [1.807, 2.05) is 0 Å². The average molecular weight is 204 g/mol. The highest BCUT2D eigenvalue weighted by Gasteiger charge is 2.50. The molecule has 7 heteroatoms. The maximum absolute atomic E-state index is 11.3. The second-order valence-electron chi connectivity index (χ2n) is 3.01. The van der Waals surface area contributed by atoms with Crippen LogP contribution < -0.4 is 11.8 Å². The van der Waals surface area contributed by atoms with Gasteiger partial charge in [-0.15, -0.1) is 0 Å². The lowest BCUT2D eigenvalue weighted by Crippen LogP contribution is -2.47. The van der Waals surface area contributed by atoms with Crippen LogP contribution in [0.2, 0.25) is 0 Å². The molecule has 0 radical (unpaired) electrons. The molecule has 1 aliphatic heterocycles. The van der Waals surface area contributed by atoms with Gasteiger partial charge in [0.05, 0.1) is 0 Å². The van der Waals surface area contributed by atoms with Crippen LogP contribution in [-0.4, -0.2) is 25.2 Å². The average Bonchev–Trinajstić information content (AvgIpc) is 2.27. The lowest BCUT2D eigenvalue weighted by Gasteiger charge is -2.30. The van der Waals surface area contributed by atoms with Crippen LogP contribution in [0.15, 0.2) is 0 Å². The van der Waals surface area contributed by atoms with Gasteiger partial charge in [0.2, 0.25) is 0 Å².